The Morgan fingerprint density at radius 2 is 1.76 bits per heavy atom. The Morgan fingerprint density at radius 3 is 2.44 bits per heavy atom. The number of hydrogen-bond acceptors (Lipinski definition) is 5. The fourth-order valence-electron chi connectivity index (χ4n) is 2.68. The van der Waals surface area contributed by atoms with Gasteiger partial charge in [0, 0.05) is 17.4 Å². The Balaban J connectivity index is 1.91. The summed E-state index contributed by atoms with van der Waals surface area (Å²) in [6.07, 6.45) is 0. The van der Waals surface area contributed by atoms with E-state index < -0.39 is 10.0 Å². The molecule has 8 heteroatoms. The molecule has 1 heterocycles. The van der Waals surface area contributed by atoms with Crippen LogP contribution in [0, 0.1) is 0 Å². The molecule has 0 bridgehead atoms. The van der Waals surface area contributed by atoms with Gasteiger partial charge in [-0.3, -0.25) is 9.52 Å². The number of ether oxygens (including phenoxy) is 2. The number of hydrogen-bond donors (Lipinski definition) is 2. The van der Waals surface area contributed by atoms with E-state index in [1.165, 1.54) is 32.4 Å². The van der Waals surface area contributed by atoms with Gasteiger partial charge in [-0.25, -0.2) is 8.42 Å². The predicted molar refractivity (Wildman–Crippen MR) is 93.8 cm³/mol. The van der Waals surface area contributed by atoms with Crippen molar-refractivity contribution < 1.29 is 22.7 Å². The van der Waals surface area contributed by atoms with Crippen LogP contribution < -0.4 is 19.5 Å². The van der Waals surface area contributed by atoms with Crippen LogP contribution in [0.3, 0.4) is 0 Å². The first-order chi connectivity index (χ1) is 11.9. The number of benzene rings is 2. The molecule has 1 atom stereocenters. The number of carbonyl (C=O) groups excluding carboxylic acids is 1. The van der Waals surface area contributed by atoms with Gasteiger partial charge in [0.05, 0.1) is 25.0 Å². The van der Waals surface area contributed by atoms with E-state index in [1.54, 1.807) is 25.1 Å². The van der Waals surface area contributed by atoms with Crippen LogP contribution in [0.2, 0.25) is 0 Å². The lowest BCUT2D eigenvalue weighted by Gasteiger charge is -2.12. The molecule has 3 rings (SSSR count). The van der Waals surface area contributed by atoms with Crippen LogP contribution >= 0.6 is 0 Å². The number of anilines is 2. The molecule has 1 unspecified atom stereocenters. The maximum Gasteiger partial charge on any atom is 0.262 e. The van der Waals surface area contributed by atoms with E-state index in [-0.39, 0.29) is 16.7 Å². The number of fused-ring (bicyclic) bond motifs is 1. The number of carbonyl (C=O) groups is 1. The average Bonchev–Trinajstić information content (AvgIpc) is 2.88. The van der Waals surface area contributed by atoms with Gasteiger partial charge in [-0.15, -0.1) is 0 Å². The minimum atomic E-state index is -3.81. The number of rotatable bonds is 5. The molecular weight excluding hydrogens is 344 g/mol. The highest BCUT2D eigenvalue weighted by Crippen LogP contribution is 2.35. The van der Waals surface area contributed by atoms with Crippen LogP contribution in [-0.2, 0) is 14.8 Å². The fraction of sp³-hybridized carbons (Fsp3) is 0.235. The van der Waals surface area contributed by atoms with Crippen molar-refractivity contribution in [3.63, 3.8) is 0 Å². The van der Waals surface area contributed by atoms with Gasteiger partial charge in [-0.05, 0) is 42.8 Å². The number of amides is 1. The van der Waals surface area contributed by atoms with Crippen molar-refractivity contribution >= 4 is 27.3 Å². The molecule has 1 aliphatic rings. The summed E-state index contributed by atoms with van der Waals surface area (Å²) in [4.78, 5) is 11.8. The first kappa shape index (κ1) is 17.1. The van der Waals surface area contributed by atoms with Crippen LogP contribution in [0.25, 0.3) is 0 Å². The zero-order valence-corrected chi connectivity index (χ0v) is 14.8. The van der Waals surface area contributed by atoms with E-state index >= 15 is 0 Å². The van der Waals surface area contributed by atoms with Gasteiger partial charge in [0.25, 0.3) is 10.0 Å². The first-order valence-electron chi connectivity index (χ1n) is 7.55. The minimum Gasteiger partial charge on any atom is -0.493 e. The molecule has 0 saturated heterocycles. The maximum absolute atomic E-state index is 12.6. The summed E-state index contributed by atoms with van der Waals surface area (Å²) in [5, 5.41) is 2.75. The lowest BCUT2D eigenvalue weighted by molar-refractivity contribution is -0.116. The van der Waals surface area contributed by atoms with Gasteiger partial charge in [0.2, 0.25) is 5.91 Å². The normalized spacial score (nSPS) is 16.1. The summed E-state index contributed by atoms with van der Waals surface area (Å²) in [7, 11) is -0.895. The summed E-state index contributed by atoms with van der Waals surface area (Å²) < 4.78 is 38.0. The van der Waals surface area contributed by atoms with Crippen LogP contribution in [0.1, 0.15) is 18.4 Å². The first-order valence-corrected chi connectivity index (χ1v) is 9.03. The Kier molecular flexibility index (Phi) is 4.30. The standard InChI is InChI=1S/C17H18N2O5S/c1-10-13-8-11(4-6-14(13)18-17(10)20)19-25(21,22)12-5-7-15(23-2)16(9-12)24-3/h4-10,19H,1-3H3,(H,18,20). The molecule has 1 aliphatic heterocycles. The minimum absolute atomic E-state index is 0.0490. The quantitative estimate of drug-likeness (QED) is 0.853. The summed E-state index contributed by atoms with van der Waals surface area (Å²) in [5.41, 5.74) is 1.85. The van der Waals surface area contributed by atoms with Crippen molar-refractivity contribution in [3.8, 4) is 11.5 Å². The van der Waals surface area contributed by atoms with Crippen molar-refractivity contribution in [1.29, 1.82) is 0 Å². The summed E-state index contributed by atoms with van der Waals surface area (Å²) >= 11 is 0. The van der Waals surface area contributed by atoms with E-state index in [1.807, 2.05) is 0 Å². The Labute approximate surface area is 146 Å². The average molecular weight is 362 g/mol. The number of sulfonamides is 1. The SMILES string of the molecule is COc1ccc(S(=O)(=O)Nc2ccc3c(c2)C(C)C(=O)N3)cc1OC. The monoisotopic (exact) mass is 362 g/mol. The molecular formula is C17H18N2O5S. The van der Waals surface area contributed by atoms with Gasteiger partial charge in [0.15, 0.2) is 11.5 Å². The molecule has 2 aromatic rings. The summed E-state index contributed by atoms with van der Waals surface area (Å²) in [5.74, 6) is 0.343. The molecule has 132 valence electrons. The van der Waals surface area contributed by atoms with E-state index in [0.717, 1.165) is 5.56 Å². The lowest BCUT2D eigenvalue weighted by atomic mass is 10.0. The highest BCUT2D eigenvalue weighted by Gasteiger charge is 2.27. The van der Waals surface area contributed by atoms with Gasteiger partial charge < -0.3 is 14.8 Å². The van der Waals surface area contributed by atoms with E-state index in [4.69, 9.17) is 9.47 Å². The maximum atomic E-state index is 12.6. The largest absolute Gasteiger partial charge is 0.493 e. The molecule has 1 amide bonds. The molecule has 0 radical (unpaired) electrons. The van der Waals surface area contributed by atoms with E-state index in [0.29, 0.717) is 22.9 Å². The van der Waals surface area contributed by atoms with Crippen LogP contribution in [-0.4, -0.2) is 28.5 Å². The molecule has 7 nitrogen and oxygen atoms in total. The zero-order chi connectivity index (χ0) is 18.2. The van der Waals surface area contributed by atoms with Gasteiger partial charge in [0.1, 0.15) is 0 Å². The second-order valence-electron chi connectivity index (χ2n) is 5.64. The van der Waals surface area contributed by atoms with Crippen molar-refractivity contribution in [2.24, 2.45) is 0 Å². The third kappa shape index (κ3) is 3.12. The second-order valence-corrected chi connectivity index (χ2v) is 7.32. The zero-order valence-electron chi connectivity index (χ0n) is 14.0. The smallest absolute Gasteiger partial charge is 0.262 e. The van der Waals surface area contributed by atoms with Crippen molar-refractivity contribution in [1.82, 2.24) is 0 Å². The van der Waals surface area contributed by atoms with Crippen molar-refractivity contribution in [2.75, 3.05) is 24.3 Å². The summed E-state index contributed by atoms with van der Waals surface area (Å²) in [6, 6.07) is 9.31. The Bertz CT molecular complexity index is 940. The second kappa shape index (κ2) is 6.29. The van der Waals surface area contributed by atoms with Gasteiger partial charge in [-0.2, -0.15) is 0 Å². The molecule has 0 fully saturated rings. The van der Waals surface area contributed by atoms with Crippen LogP contribution in [0.15, 0.2) is 41.3 Å². The van der Waals surface area contributed by atoms with Crippen LogP contribution in [0.5, 0.6) is 11.5 Å². The van der Waals surface area contributed by atoms with Gasteiger partial charge in [-0.1, -0.05) is 0 Å². The number of nitrogens with one attached hydrogen (secondary N) is 2. The summed E-state index contributed by atoms with van der Waals surface area (Å²) in [6.45, 7) is 1.77. The molecule has 0 aliphatic carbocycles. The molecule has 0 saturated carbocycles. The van der Waals surface area contributed by atoms with E-state index in [9.17, 15) is 13.2 Å². The van der Waals surface area contributed by atoms with Crippen molar-refractivity contribution in [2.45, 2.75) is 17.7 Å². The molecule has 25 heavy (non-hydrogen) atoms. The fourth-order valence-corrected chi connectivity index (χ4v) is 3.74. The Hall–Kier alpha value is -2.74. The predicted octanol–water partition coefficient (Wildman–Crippen LogP) is 2.56. The van der Waals surface area contributed by atoms with Crippen molar-refractivity contribution in [3.05, 3.63) is 42.0 Å². The van der Waals surface area contributed by atoms with E-state index in [2.05, 4.69) is 10.0 Å². The Morgan fingerprint density at radius 1 is 1.04 bits per heavy atom. The topological polar surface area (TPSA) is 93.7 Å². The highest BCUT2D eigenvalue weighted by molar-refractivity contribution is 7.92. The third-order valence-electron chi connectivity index (χ3n) is 4.09. The molecule has 2 aromatic carbocycles. The third-order valence-corrected chi connectivity index (χ3v) is 5.47. The number of methoxy groups -OCH3 is 2. The van der Waals surface area contributed by atoms with Gasteiger partial charge >= 0.3 is 0 Å². The lowest BCUT2D eigenvalue weighted by Crippen LogP contribution is -2.13. The molecule has 2 N–H and O–H groups in total. The van der Waals surface area contributed by atoms with Crippen LogP contribution in [0.4, 0.5) is 11.4 Å². The molecule has 0 spiro atoms. The highest BCUT2D eigenvalue weighted by atomic mass is 32.2. The molecule has 0 aromatic heterocycles.